The molecule has 0 radical (unpaired) electrons. The van der Waals surface area contributed by atoms with Gasteiger partial charge in [-0.2, -0.15) is 0 Å². The number of carbonyl (C=O) groups excluding carboxylic acids is 1. The van der Waals surface area contributed by atoms with Gasteiger partial charge in [-0.25, -0.2) is 13.2 Å². The lowest BCUT2D eigenvalue weighted by Crippen LogP contribution is -2.06. The molecule has 0 aromatic heterocycles. The number of benzene rings is 2. The van der Waals surface area contributed by atoms with Crippen LogP contribution >= 0.6 is 0 Å². The number of carbonyl (C=O) groups is 1. The van der Waals surface area contributed by atoms with Crippen LogP contribution in [0.3, 0.4) is 0 Å². The summed E-state index contributed by atoms with van der Waals surface area (Å²) in [4.78, 5) is 11.5. The predicted molar refractivity (Wildman–Crippen MR) is 84.8 cm³/mol. The highest BCUT2D eigenvalue weighted by atomic mass is 32.2. The van der Waals surface area contributed by atoms with Gasteiger partial charge in [0.25, 0.3) is 0 Å². The molecule has 0 spiro atoms. The maximum Gasteiger partial charge on any atom is 0.330 e. The summed E-state index contributed by atoms with van der Waals surface area (Å²) in [6.45, 7) is 0. The molecule has 22 heavy (non-hydrogen) atoms. The number of hydrogen-bond donors (Lipinski definition) is 0. The molecule has 0 fully saturated rings. The molecule has 5 heteroatoms. The van der Waals surface area contributed by atoms with Gasteiger partial charge < -0.3 is 4.74 Å². The topological polar surface area (TPSA) is 60.4 Å². The standard InChI is InChI=1S/C17H16O4S/c1-21-17(18)12-11-14-7-5-6-8-15(14)13-22(19,20)16-9-3-2-4-10-16/h2-12H,13H2,1H3/b12-11+. The van der Waals surface area contributed by atoms with Crippen molar-refractivity contribution in [3.63, 3.8) is 0 Å². The monoisotopic (exact) mass is 316 g/mol. The number of rotatable bonds is 5. The Morgan fingerprint density at radius 2 is 1.68 bits per heavy atom. The zero-order valence-electron chi connectivity index (χ0n) is 12.1. The fourth-order valence-electron chi connectivity index (χ4n) is 1.97. The summed E-state index contributed by atoms with van der Waals surface area (Å²) in [5.74, 6) is -0.612. The first kappa shape index (κ1) is 16.0. The summed E-state index contributed by atoms with van der Waals surface area (Å²) in [6.07, 6.45) is 2.83. The van der Waals surface area contributed by atoms with E-state index in [-0.39, 0.29) is 10.6 Å². The molecule has 2 rings (SSSR count). The predicted octanol–water partition coefficient (Wildman–Crippen LogP) is 2.85. The molecular weight excluding hydrogens is 300 g/mol. The lowest BCUT2D eigenvalue weighted by molar-refractivity contribution is -0.134. The first-order valence-electron chi connectivity index (χ1n) is 6.64. The van der Waals surface area contributed by atoms with Crippen LogP contribution in [0.2, 0.25) is 0 Å². The van der Waals surface area contributed by atoms with Gasteiger partial charge in [0.2, 0.25) is 0 Å². The van der Waals surface area contributed by atoms with Crippen LogP contribution in [-0.4, -0.2) is 21.5 Å². The van der Waals surface area contributed by atoms with E-state index in [2.05, 4.69) is 4.74 Å². The Morgan fingerprint density at radius 1 is 1.05 bits per heavy atom. The second-order valence-electron chi connectivity index (χ2n) is 4.63. The van der Waals surface area contributed by atoms with Crippen LogP contribution in [0.15, 0.2) is 65.6 Å². The van der Waals surface area contributed by atoms with Gasteiger partial charge in [0, 0.05) is 6.08 Å². The molecule has 0 unspecified atom stereocenters. The van der Waals surface area contributed by atoms with Crippen LogP contribution in [-0.2, 0) is 25.1 Å². The maximum absolute atomic E-state index is 12.4. The Hall–Kier alpha value is -2.40. The highest BCUT2D eigenvalue weighted by molar-refractivity contribution is 7.90. The van der Waals surface area contributed by atoms with Crippen LogP contribution < -0.4 is 0 Å². The minimum absolute atomic E-state index is 0.126. The quantitative estimate of drug-likeness (QED) is 0.628. The van der Waals surface area contributed by atoms with Gasteiger partial charge in [0.15, 0.2) is 9.84 Å². The van der Waals surface area contributed by atoms with Crippen LogP contribution in [0, 0.1) is 0 Å². The van der Waals surface area contributed by atoms with Gasteiger partial charge in [0.05, 0.1) is 17.8 Å². The first-order chi connectivity index (χ1) is 10.5. The molecule has 0 saturated heterocycles. The second kappa shape index (κ2) is 7.04. The molecule has 0 aliphatic heterocycles. The molecule has 114 valence electrons. The summed E-state index contributed by atoms with van der Waals surface area (Å²) in [7, 11) is -2.14. The molecule has 0 aliphatic rings. The van der Waals surface area contributed by atoms with Crippen LogP contribution in [0.4, 0.5) is 0 Å². The number of methoxy groups -OCH3 is 1. The molecule has 2 aromatic rings. The average Bonchev–Trinajstić information content (AvgIpc) is 2.54. The highest BCUT2D eigenvalue weighted by Crippen LogP contribution is 2.19. The highest BCUT2D eigenvalue weighted by Gasteiger charge is 2.16. The molecule has 4 nitrogen and oxygen atoms in total. The lowest BCUT2D eigenvalue weighted by Gasteiger charge is -2.07. The van der Waals surface area contributed by atoms with Crippen molar-refractivity contribution < 1.29 is 17.9 Å². The summed E-state index contributed by atoms with van der Waals surface area (Å²) in [5, 5.41) is 0. The first-order valence-corrected chi connectivity index (χ1v) is 8.30. The second-order valence-corrected chi connectivity index (χ2v) is 6.62. The molecular formula is C17H16O4S. The molecule has 0 aliphatic carbocycles. The molecule has 0 saturated carbocycles. The Bertz CT molecular complexity index is 777. The summed E-state index contributed by atoms with van der Waals surface area (Å²) >= 11 is 0. The third kappa shape index (κ3) is 4.05. The van der Waals surface area contributed by atoms with E-state index in [0.29, 0.717) is 11.1 Å². The van der Waals surface area contributed by atoms with E-state index in [1.54, 1.807) is 60.7 Å². The van der Waals surface area contributed by atoms with Crippen LogP contribution in [0.1, 0.15) is 11.1 Å². The number of esters is 1. The van der Waals surface area contributed by atoms with Crippen molar-refractivity contribution in [2.45, 2.75) is 10.6 Å². The minimum Gasteiger partial charge on any atom is -0.466 e. The van der Waals surface area contributed by atoms with Gasteiger partial charge in [-0.3, -0.25) is 0 Å². The van der Waals surface area contributed by atoms with Crippen LogP contribution in [0.5, 0.6) is 0 Å². The van der Waals surface area contributed by atoms with Crippen molar-refractivity contribution >= 4 is 21.9 Å². The number of ether oxygens (including phenoxy) is 1. The van der Waals surface area contributed by atoms with E-state index in [1.165, 1.54) is 13.2 Å². The van der Waals surface area contributed by atoms with Crippen molar-refractivity contribution in [3.8, 4) is 0 Å². The molecule has 2 aromatic carbocycles. The normalized spacial score (nSPS) is 11.5. The van der Waals surface area contributed by atoms with Crippen molar-refractivity contribution in [1.82, 2.24) is 0 Å². The molecule has 0 heterocycles. The van der Waals surface area contributed by atoms with Crippen LogP contribution in [0.25, 0.3) is 6.08 Å². The average molecular weight is 316 g/mol. The Morgan fingerprint density at radius 3 is 2.36 bits per heavy atom. The summed E-state index contributed by atoms with van der Waals surface area (Å²) < 4.78 is 29.4. The Balaban J connectivity index is 2.31. The lowest BCUT2D eigenvalue weighted by atomic mass is 10.1. The third-order valence-corrected chi connectivity index (χ3v) is 4.78. The van der Waals surface area contributed by atoms with E-state index in [4.69, 9.17) is 0 Å². The van der Waals surface area contributed by atoms with E-state index in [9.17, 15) is 13.2 Å². The van der Waals surface area contributed by atoms with Gasteiger partial charge >= 0.3 is 5.97 Å². The SMILES string of the molecule is COC(=O)/C=C/c1ccccc1CS(=O)(=O)c1ccccc1. The zero-order valence-corrected chi connectivity index (χ0v) is 12.9. The van der Waals surface area contributed by atoms with Crippen molar-refractivity contribution in [2.75, 3.05) is 7.11 Å². The van der Waals surface area contributed by atoms with Gasteiger partial charge in [0.1, 0.15) is 0 Å². The minimum atomic E-state index is -3.43. The maximum atomic E-state index is 12.4. The van der Waals surface area contributed by atoms with Crippen molar-refractivity contribution in [1.29, 1.82) is 0 Å². The van der Waals surface area contributed by atoms with Gasteiger partial charge in [-0.05, 0) is 29.3 Å². The number of hydrogen-bond acceptors (Lipinski definition) is 4. The largest absolute Gasteiger partial charge is 0.466 e. The smallest absolute Gasteiger partial charge is 0.330 e. The molecule has 0 amide bonds. The van der Waals surface area contributed by atoms with E-state index >= 15 is 0 Å². The fraction of sp³-hybridized carbons (Fsp3) is 0.118. The van der Waals surface area contributed by atoms with Crippen molar-refractivity contribution in [3.05, 3.63) is 71.8 Å². The summed E-state index contributed by atoms with van der Waals surface area (Å²) in [5.41, 5.74) is 1.30. The van der Waals surface area contributed by atoms with Gasteiger partial charge in [-0.15, -0.1) is 0 Å². The Kier molecular flexibility index (Phi) is 5.12. The van der Waals surface area contributed by atoms with E-state index in [1.807, 2.05) is 0 Å². The molecule has 0 N–H and O–H groups in total. The zero-order chi connectivity index (χ0) is 16.0. The van der Waals surface area contributed by atoms with Gasteiger partial charge in [-0.1, -0.05) is 42.5 Å². The summed E-state index contributed by atoms with van der Waals surface area (Å²) in [6, 6.07) is 15.3. The third-order valence-electron chi connectivity index (χ3n) is 3.10. The number of sulfone groups is 1. The van der Waals surface area contributed by atoms with E-state index < -0.39 is 15.8 Å². The Labute approximate surface area is 130 Å². The van der Waals surface area contributed by atoms with E-state index in [0.717, 1.165) is 0 Å². The van der Waals surface area contributed by atoms with Crippen molar-refractivity contribution in [2.24, 2.45) is 0 Å². The molecule has 0 atom stereocenters. The molecule has 0 bridgehead atoms. The fourth-order valence-corrected chi connectivity index (χ4v) is 3.38.